The summed E-state index contributed by atoms with van der Waals surface area (Å²) in [5.41, 5.74) is 0.543. The molecule has 6 atom stereocenters. The molecule has 1 aromatic carbocycles. The van der Waals surface area contributed by atoms with Gasteiger partial charge in [0.25, 0.3) is 0 Å². The molecule has 48 heavy (non-hydrogen) atoms. The van der Waals surface area contributed by atoms with Crippen LogP contribution in [-0.4, -0.2) is 96.0 Å². The van der Waals surface area contributed by atoms with E-state index in [0.29, 0.717) is 50.5 Å². The monoisotopic (exact) mass is 686 g/mol. The third-order valence-corrected chi connectivity index (χ3v) is 10.1. The number of ether oxygens (including phenoxy) is 4. The molecule has 14 heteroatoms. The van der Waals surface area contributed by atoms with Crippen LogP contribution < -0.4 is 10.6 Å². The van der Waals surface area contributed by atoms with Crippen molar-refractivity contribution in [1.29, 1.82) is 0 Å². The fourth-order valence-corrected chi connectivity index (χ4v) is 7.31. The number of amides is 4. The van der Waals surface area contributed by atoms with Gasteiger partial charge in [0.2, 0.25) is 11.8 Å². The zero-order valence-electron chi connectivity index (χ0n) is 27.1. The molecular formula is C34H43ClN4O9. The highest BCUT2D eigenvalue weighted by Crippen LogP contribution is 2.46. The van der Waals surface area contributed by atoms with Crippen LogP contribution in [-0.2, 0) is 46.4 Å². The predicted octanol–water partition coefficient (Wildman–Crippen LogP) is 3.60. The van der Waals surface area contributed by atoms with E-state index < -0.39 is 59.8 Å². The number of benzene rings is 1. The maximum atomic E-state index is 14.2. The minimum Gasteiger partial charge on any atom is -0.464 e. The molecule has 4 heterocycles. The first-order valence-corrected chi connectivity index (χ1v) is 17.3. The Labute approximate surface area is 284 Å². The number of halogens is 1. The Morgan fingerprint density at radius 3 is 2.73 bits per heavy atom. The normalized spacial score (nSPS) is 30.9. The molecule has 2 saturated heterocycles. The smallest absolute Gasteiger partial charge is 0.410 e. The second-order valence-electron chi connectivity index (χ2n) is 13.1. The van der Waals surface area contributed by atoms with Crippen LogP contribution in [0.4, 0.5) is 9.59 Å². The largest absolute Gasteiger partial charge is 0.464 e. The van der Waals surface area contributed by atoms with E-state index in [1.54, 1.807) is 13.0 Å². The zero-order chi connectivity index (χ0) is 33.8. The Morgan fingerprint density at radius 2 is 1.96 bits per heavy atom. The summed E-state index contributed by atoms with van der Waals surface area (Å²) < 4.78 is 22.1. The van der Waals surface area contributed by atoms with Gasteiger partial charge in [0.05, 0.1) is 32.9 Å². The first kappa shape index (κ1) is 34.0. The number of hydrogen-bond donors (Lipinski definition) is 2. The van der Waals surface area contributed by atoms with Gasteiger partial charge in [-0.15, -0.1) is 0 Å². The number of carbonyl (C=O) groups excluding carboxylic acids is 5. The number of fused-ring (bicyclic) bond motifs is 3. The minimum atomic E-state index is -1.24. The maximum absolute atomic E-state index is 14.2. The molecule has 4 aliphatic heterocycles. The number of nitrogens with one attached hydrogen (secondary N) is 2. The highest BCUT2D eigenvalue weighted by Gasteiger charge is 2.62. The lowest BCUT2D eigenvalue weighted by molar-refractivity contribution is -0.150. The fraction of sp³-hybridized carbons (Fsp3) is 0.618. The number of alkyl carbamates (subject to hydrolysis) is 1. The van der Waals surface area contributed by atoms with E-state index in [-0.39, 0.29) is 32.0 Å². The molecule has 0 radical (unpaired) electrons. The molecular weight excluding hydrogens is 644 g/mol. The second kappa shape index (κ2) is 14.7. The van der Waals surface area contributed by atoms with Crippen molar-refractivity contribution in [2.45, 2.75) is 101 Å². The van der Waals surface area contributed by atoms with Crippen molar-refractivity contribution in [2.75, 3.05) is 26.4 Å². The predicted molar refractivity (Wildman–Crippen MR) is 172 cm³/mol. The number of esters is 1. The third-order valence-electron chi connectivity index (χ3n) is 9.78. The SMILES string of the molecule is CCOC(=O)[C@@]12C[C@H]1/C=C\CCCCC[C@H](NC(=O)OC1CCOC1)C(=O)N1C[C@H](OC(=O)N3Cc4cccc(Cl)c4C3)C[C@H]1C(=O)N2. The Bertz CT molecular complexity index is 1450. The summed E-state index contributed by atoms with van der Waals surface area (Å²) >= 11 is 6.35. The minimum absolute atomic E-state index is 0.0147. The summed E-state index contributed by atoms with van der Waals surface area (Å²) in [6.07, 6.45) is 5.80. The van der Waals surface area contributed by atoms with Crippen molar-refractivity contribution in [3.05, 3.63) is 46.5 Å². The van der Waals surface area contributed by atoms with Crippen molar-refractivity contribution in [1.82, 2.24) is 20.4 Å². The fourth-order valence-electron chi connectivity index (χ4n) is 7.05. The molecule has 4 amide bonds. The first-order valence-electron chi connectivity index (χ1n) is 16.9. The molecule has 0 spiro atoms. The summed E-state index contributed by atoms with van der Waals surface area (Å²) in [4.78, 5) is 70.6. The average molecular weight is 687 g/mol. The third kappa shape index (κ3) is 7.41. The van der Waals surface area contributed by atoms with Crippen LogP contribution in [0.3, 0.4) is 0 Å². The first-order chi connectivity index (χ1) is 23.2. The maximum Gasteiger partial charge on any atom is 0.410 e. The summed E-state index contributed by atoms with van der Waals surface area (Å²) in [6.45, 7) is 3.18. The van der Waals surface area contributed by atoms with E-state index in [0.717, 1.165) is 30.4 Å². The van der Waals surface area contributed by atoms with Crippen molar-refractivity contribution in [2.24, 2.45) is 5.92 Å². The molecule has 5 aliphatic rings. The highest BCUT2D eigenvalue weighted by molar-refractivity contribution is 6.31. The lowest BCUT2D eigenvalue weighted by Crippen LogP contribution is -2.56. The van der Waals surface area contributed by atoms with Gasteiger partial charge < -0.3 is 34.5 Å². The van der Waals surface area contributed by atoms with Crippen LogP contribution in [0.2, 0.25) is 5.02 Å². The molecule has 1 saturated carbocycles. The Hall–Kier alpha value is -3.84. The number of allylic oxidation sites excluding steroid dienone is 1. The van der Waals surface area contributed by atoms with E-state index in [1.807, 2.05) is 24.3 Å². The van der Waals surface area contributed by atoms with Crippen LogP contribution in [0.15, 0.2) is 30.4 Å². The number of hydrogen-bond acceptors (Lipinski definition) is 9. The summed E-state index contributed by atoms with van der Waals surface area (Å²) in [5.74, 6) is -1.80. The number of rotatable bonds is 5. The lowest BCUT2D eigenvalue weighted by atomic mass is 10.0. The van der Waals surface area contributed by atoms with Crippen molar-refractivity contribution < 1.29 is 42.9 Å². The molecule has 0 aromatic heterocycles. The average Bonchev–Trinajstić information content (AvgIpc) is 3.49. The zero-order valence-corrected chi connectivity index (χ0v) is 27.9. The van der Waals surface area contributed by atoms with Gasteiger partial charge >= 0.3 is 18.2 Å². The van der Waals surface area contributed by atoms with E-state index in [1.165, 1.54) is 9.80 Å². The molecule has 1 aromatic rings. The lowest BCUT2D eigenvalue weighted by Gasteiger charge is -2.29. The van der Waals surface area contributed by atoms with Gasteiger partial charge in [0.15, 0.2) is 0 Å². The van der Waals surface area contributed by atoms with Gasteiger partial charge in [0, 0.05) is 30.3 Å². The highest BCUT2D eigenvalue weighted by atomic mass is 35.5. The van der Waals surface area contributed by atoms with Crippen LogP contribution in [0.25, 0.3) is 0 Å². The molecule has 6 rings (SSSR count). The van der Waals surface area contributed by atoms with E-state index in [2.05, 4.69) is 10.6 Å². The molecule has 1 unspecified atom stereocenters. The van der Waals surface area contributed by atoms with E-state index >= 15 is 0 Å². The summed E-state index contributed by atoms with van der Waals surface area (Å²) in [6, 6.07) is 3.46. The molecule has 13 nitrogen and oxygen atoms in total. The standard InChI is InChI=1S/C34H43ClN4O9/c1-2-46-31(42)34-16-22(34)10-6-4-3-5-7-12-27(36-32(43)47-23-13-14-45-20-23)30(41)39-18-24(15-28(39)29(40)37-34)48-33(44)38-17-21-9-8-11-26(35)25(21)19-38/h6,8-11,22-24,27-28H,2-5,7,12-20H2,1H3,(H,36,43)(H,37,40)/b10-6-/t22-,23?,24-,27+,28+,34-/m1/s1. The second-order valence-corrected chi connectivity index (χ2v) is 13.5. The molecule has 3 fully saturated rings. The number of carbonyl (C=O) groups is 5. The summed E-state index contributed by atoms with van der Waals surface area (Å²) in [5, 5.41) is 6.22. The van der Waals surface area contributed by atoms with Crippen molar-refractivity contribution in [3.63, 3.8) is 0 Å². The van der Waals surface area contributed by atoms with Gasteiger partial charge in [-0.3, -0.25) is 14.5 Å². The van der Waals surface area contributed by atoms with Gasteiger partial charge in [-0.25, -0.2) is 14.4 Å². The number of nitrogens with zero attached hydrogens (tertiary/aromatic N) is 2. The van der Waals surface area contributed by atoms with Crippen molar-refractivity contribution in [3.8, 4) is 0 Å². The van der Waals surface area contributed by atoms with Crippen LogP contribution in [0, 0.1) is 5.92 Å². The molecule has 2 N–H and O–H groups in total. The van der Waals surface area contributed by atoms with Crippen molar-refractivity contribution >= 4 is 41.6 Å². The van der Waals surface area contributed by atoms with Gasteiger partial charge in [-0.05, 0) is 49.8 Å². The summed E-state index contributed by atoms with van der Waals surface area (Å²) in [7, 11) is 0. The van der Waals surface area contributed by atoms with Crippen LogP contribution in [0.1, 0.15) is 69.4 Å². The Morgan fingerprint density at radius 1 is 1.10 bits per heavy atom. The van der Waals surface area contributed by atoms with E-state index in [4.69, 9.17) is 30.5 Å². The van der Waals surface area contributed by atoms with Crippen LogP contribution in [0.5, 0.6) is 0 Å². The van der Waals surface area contributed by atoms with Gasteiger partial charge in [-0.2, -0.15) is 0 Å². The van der Waals surface area contributed by atoms with Crippen LogP contribution >= 0.6 is 11.6 Å². The Balaban J connectivity index is 1.22. The van der Waals surface area contributed by atoms with E-state index in [9.17, 15) is 24.0 Å². The topological polar surface area (TPSA) is 153 Å². The van der Waals surface area contributed by atoms with Gasteiger partial charge in [0.1, 0.15) is 29.8 Å². The molecule has 1 aliphatic carbocycles. The molecule has 0 bridgehead atoms. The van der Waals surface area contributed by atoms with Gasteiger partial charge in [-0.1, -0.05) is 48.7 Å². The quantitative estimate of drug-likeness (QED) is 0.269. The molecule has 260 valence electrons. The Kier molecular flexibility index (Phi) is 10.4.